The fourth-order valence-electron chi connectivity index (χ4n) is 2.29. The number of nitrogens with two attached hydrogens (primary N) is 1. The quantitative estimate of drug-likeness (QED) is 0.782. The monoisotopic (exact) mass is 214 g/mol. The van der Waals surface area contributed by atoms with E-state index in [9.17, 15) is 0 Å². The summed E-state index contributed by atoms with van der Waals surface area (Å²) in [6, 6.07) is 8.01. The summed E-state index contributed by atoms with van der Waals surface area (Å²) in [4.78, 5) is 4.17. The maximum absolute atomic E-state index is 6.03. The van der Waals surface area contributed by atoms with Gasteiger partial charge in [0.2, 0.25) is 0 Å². The number of rotatable bonds is 2. The van der Waals surface area contributed by atoms with Gasteiger partial charge in [-0.1, -0.05) is 18.2 Å². The van der Waals surface area contributed by atoms with Gasteiger partial charge in [-0.3, -0.25) is 0 Å². The molecule has 1 aromatic heterocycles. The van der Waals surface area contributed by atoms with Crippen LogP contribution in [0.2, 0.25) is 0 Å². The highest BCUT2D eigenvalue weighted by Gasteiger charge is 2.49. The second kappa shape index (κ2) is 3.11. The first-order valence-corrected chi connectivity index (χ1v) is 5.50. The van der Waals surface area contributed by atoms with E-state index in [-0.39, 0.29) is 5.41 Å². The molecule has 2 N–H and O–H groups in total. The Bertz CT molecular complexity index is 526. The molecule has 0 aliphatic heterocycles. The van der Waals surface area contributed by atoms with Crippen LogP contribution in [0.5, 0.6) is 0 Å². The van der Waals surface area contributed by atoms with Crippen LogP contribution in [-0.4, -0.2) is 4.98 Å². The van der Waals surface area contributed by atoms with Crippen molar-refractivity contribution in [2.75, 3.05) is 5.73 Å². The summed E-state index contributed by atoms with van der Waals surface area (Å²) in [5.41, 5.74) is 8.04. The molecule has 1 aliphatic rings. The number of para-hydroxylation sites is 1. The normalized spacial score (nSPS) is 17.3. The lowest BCUT2D eigenvalue weighted by Crippen LogP contribution is -2.10. The molecule has 16 heavy (non-hydrogen) atoms. The van der Waals surface area contributed by atoms with Gasteiger partial charge in [0, 0.05) is 12.6 Å². The highest BCUT2D eigenvalue weighted by Crippen LogP contribution is 2.55. The molecule has 0 bridgehead atoms. The van der Waals surface area contributed by atoms with Gasteiger partial charge in [0.05, 0.1) is 11.6 Å². The van der Waals surface area contributed by atoms with E-state index < -0.39 is 0 Å². The van der Waals surface area contributed by atoms with Crippen LogP contribution in [0.3, 0.4) is 0 Å². The number of aryl methyl sites for hydroxylation is 1. The Hall–Kier alpha value is -1.77. The van der Waals surface area contributed by atoms with Crippen LogP contribution in [0.4, 0.5) is 5.69 Å². The fraction of sp³-hybridized carbons (Fsp3) is 0.308. The van der Waals surface area contributed by atoms with Gasteiger partial charge in [-0.25, -0.2) is 4.98 Å². The number of nitrogens with zero attached hydrogens (tertiary/aromatic N) is 1. The van der Waals surface area contributed by atoms with Crippen LogP contribution in [0.25, 0.3) is 0 Å². The average molecular weight is 214 g/mol. The average Bonchev–Trinajstić information content (AvgIpc) is 2.96. The van der Waals surface area contributed by atoms with E-state index in [1.165, 1.54) is 5.56 Å². The Balaban J connectivity index is 2.10. The first kappa shape index (κ1) is 9.46. The number of aromatic nitrogens is 1. The summed E-state index contributed by atoms with van der Waals surface area (Å²) in [6.45, 7) is 1.87. The summed E-state index contributed by atoms with van der Waals surface area (Å²) >= 11 is 0. The molecule has 0 saturated heterocycles. The second-order valence-electron chi connectivity index (χ2n) is 4.41. The number of hydrogen-bond donors (Lipinski definition) is 1. The van der Waals surface area contributed by atoms with Crippen LogP contribution >= 0.6 is 0 Å². The Morgan fingerprint density at radius 3 is 2.62 bits per heavy atom. The van der Waals surface area contributed by atoms with Crippen molar-refractivity contribution in [2.45, 2.75) is 25.2 Å². The van der Waals surface area contributed by atoms with Gasteiger partial charge in [-0.2, -0.15) is 0 Å². The topological polar surface area (TPSA) is 52.0 Å². The van der Waals surface area contributed by atoms with Crippen LogP contribution in [0, 0.1) is 6.92 Å². The molecule has 0 unspecified atom stereocenters. The molecule has 1 saturated carbocycles. The van der Waals surface area contributed by atoms with Gasteiger partial charge in [0.15, 0.2) is 5.89 Å². The van der Waals surface area contributed by atoms with Crippen molar-refractivity contribution in [3.05, 3.63) is 47.7 Å². The molecular formula is C13H14N2O. The van der Waals surface area contributed by atoms with E-state index in [1.54, 1.807) is 0 Å². The largest absolute Gasteiger partial charge is 0.445 e. The van der Waals surface area contributed by atoms with Crippen molar-refractivity contribution >= 4 is 5.69 Å². The third-order valence-electron chi connectivity index (χ3n) is 3.32. The molecule has 0 spiro atoms. The van der Waals surface area contributed by atoms with E-state index in [0.29, 0.717) is 0 Å². The van der Waals surface area contributed by atoms with Crippen LogP contribution in [-0.2, 0) is 5.41 Å². The molecule has 2 aromatic rings. The van der Waals surface area contributed by atoms with E-state index in [4.69, 9.17) is 10.2 Å². The maximum Gasteiger partial charge on any atom is 0.191 e. The Morgan fingerprint density at radius 2 is 2.06 bits per heavy atom. The lowest BCUT2D eigenvalue weighted by molar-refractivity contribution is 0.450. The van der Waals surface area contributed by atoms with Crippen LogP contribution in [0.1, 0.15) is 30.1 Å². The van der Waals surface area contributed by atoms with Gasteiger partial charge in [0.25, 0.3) is 0 Å². The molecule has 1 fully saturated rings. The van der Waals surface area contributed by atoms with Crippen LogP contribution in [0.15, 0.2) is 34.9 Å². The predicted octanol–water partition coefficient (Wildman–Crippen LogP) is 2.65. The molecule has 0 amide bonds. The Labute approximate surface area is 94.3 Å². The third kappa shape index (κ3) is 1.24. The fourth-order valence-corrected chi connectivity index (χ4v) is 2.29. The molecule has 0 atom stereocenters. The van der Waals surface area contributed by atoms with Crippen molar-refractivity contribution in [3.8, 4) is 0 Å². The molecule has 3 nitrogen and oxygen atoms in total. The van der Waals surface area contributed by atoms with E-state index in [1.807, 2.05) is 31.3 Å². The molecule has 1 heterocycles. The Kier molecular flexibility index (Phi) is 1.84. The minimum absolute atomic E-state index is 0.00734. The smallest absolute Gasteiger partial charge is 0.191 e. The lowest BCUT2D eigenvalue weighted by Gasteiger charge is -2.14. The minimum atomic E-state index is -0.00734. The van der Waals surface area contributed by atoms with E-state index >= 15 is 0 Å². The Morgan fingerprint density at radius 1 is 1.31 bits per heavy atom. The van der Waals surface area contributed by atoms with Gasteiger partial charge < -0.3 is 10.2 Å². The molecule has 3 heteroatoms. The van der Waals surface area contributed by atoms with Crippen molar-refractivity contribution < 1.29 is 4.42 Å². The number of nitrogen functional groups attached to an aromatic ring is 1. The molecule has 3 rings (SSSR count). The van der Waals surface area contributed by atoms with Gasteiger partial charge in [0.1, 0.15) is 5.76 Å². The first-order valence-electron chi connectivity index (χ1n) is 5.50. The van der Waals surface area contributed by atoms with Crippen molar-refractivity contribution in [3.63, 3.8) is 0 Å². The summed E-state index contributed by atoms with van der Waals surface area (Å²) in [5.74, 6) is 1.67. The summed E-state index contributed by atoms with van der Waals surface area (Å²) in [7, 11) is 0. The minimum Gasteiger partial charge on any atom is -0.445 e. The van der Waals surface area contributed by atoms with Crippen molar-refractivity contribution in [2.24, 2.45) is 0 Å². The summed E-state index contributed by atoms with van der Waals surface area (Å²) in [6.07, 6.45) is 4.01. The number of oxazole rings is 1. The lowest BCUT2D eigenvalue weighted by atomic mass is 9.92. The van der Waals surface area contributed by atoms with Gasteiger partial charge >= 0.3 is 0 Å². The third-order valence-corrected chi connectivity index (χ3v) is 3.32. The highest BCUT2D eigenvalue weighted by molar-refractivity contribution is 5.56. The van der Waals surface area contributed by atoms with E-state index in [2.05, 4.69) is 11.1 Å². The van der Waals surface area contributed by atoms with E-state index in [0.717, 1.165) is 30.2 Å². The van der Waals surface area contributed by atoms with Crippen molar-refractivity contribution in [1.82, 2.24) is 4.98 Å². The number of benzene rings is 1. The standard InChI is InChI=1S/C13H14N2O/c1-9-15-8-12(16-9)13(6-7-13)10-4-2-3-5-11(10)14/h2-5,8H,6-7,14H2,1H3. The SMILES string of the molecule is Cc1ncc(C2(c3ccccc3N)CC2)o1. The zero-order valence-corrected chi connectivity index (χ0v) is 9.23. The maximum atomic E-state index is 6.03. The van der Waals surface area contributed by atoms with Crippen molar-refractivity contribution in [1.29, 1.82) is 0 Å². The molecule has 0 radical (unpaired) electrons. The molecular weight excluding hydrogens is 200 g/mol. The highest BCUT2D eigenvalue weighted by atomic mass is 16.4. The van der Waals surface area contributed by atoms with Crippen LogP contribution < -0.4 is 5.73 Å². The number of anilines is 1. The summed E-state index contributed by atoms with van der Waals surface area (Å²) in [5, 5.41) is 0. The molecule has 82 valence electrons. The first-order chi connectivity index (χ1) is 7.72. The predicted molar refractivity (Wildman–Crippen MR) is 62.1 cm³/mol. The van der Waals surface area contributed by atoms with Gasteiger partial charge in [-0.15, -0.1) is 0 Å². The molecule has 1 aliphatic carbocycles. The summed E-state index contributed by atoms with van der Waals surface area (Å²) < 4.78 is 5.65. The zero-order chi connectivity index (χ0) is 11.2. The van der Waals surface area contributed by atoms with Gasteiger partial charge in [-0.05, 0) is 24.5 Å². The molecule has 1 aromatic carbocycles. The number of hydrogen-bond acceptors (Lipinski definition) is 3. The zero-order valence-electron chi connectivity index (χ0n) is 9.23. The second-order valence-corrected chi connectivity index (χ2v) is 4.41.